The first-order chi connectivity index (χ1) is 23.0. The van der Waals surface area contributed by atoms with Crippen molar-refractivity contribution in [1.82, 2.24) is 9.80 Å². The number of allylic oxidation sites excluding steroid dienone is 1. The normalized spacial score (nSPS) is 46.3. The van der Waals surface area contributed by atoms with Crippen LogP contribution in [0.5, 0.6) is 0 Å². The lowest BCUT2D eigenvalue weighted by atomic mass is 9.41. The van der Waals surface area contributed by atoms with Crippen molar-refractivity contribution >= 4 is 12.3 Å². The van der Waals surface area contributed by atoms with Crippen LogP contribution in [-0.2, 0) is 19.1 Å². The van der Waals surface area contributed by atoms with Gasteiger partial charge in [-0.1, -0.05) is 58.6 Å². The number of aliphatic carboxylic acids is 1. The number of carbonyl (C=O) groups excluding carboxylic acids is 1. The van der Waals surface area contributed by atoms with E-state index in [-0.39, 0.29) is 30.0 Å². The lowest BCUT2D eigenvalue weighted by molar-refractivity contribution is -0.197. The summed E-state index contributed by atoms with van der Waals surface area (Å²) in [5, 5.41) is 11.6. The van der Waals surface area contributed by atoms with Gasteiger partial charge in [0, 0.05) is 25.0 Å². The first kappa shape index (κ1) is 35.1. The van der Waals surface area contributed by atoms with Crippen molar-refractivity contribution in [3.63, 3.8) is 0 Å². The van der Waals surface area contributed by atoms with E-state index in [4.69, 9.17) is 9.47 Å². The first-order valence-electron chi connectivity index (χ1n) is 20.2. The van der Waals surface area contributed by atoms with Gasteiger partial charge in [0.2, 0.25) is 0 Å². The summed E-state index contributed by atoms with van der Waals surface area (Å²) >= 11 is 0. The van der Waals surface area contributed by atoms with Gasteiger partial charge in [0.05, 0.1) is 29.8 Å². The Morgan fingerprint density at radius 1 is 1.02 bits per heavy atom. The zero-order valence-corrected chi connectivity index (χ0v) is 31.0. The SMILES string of the molecule is CCCCC1CC(C23C[C@@H]4[C@H](C)CC[C@H]4C4(C=O)CC2C=C(C(C)C)C34C(=O)O)OC1CN1CCC(CCN2CC(C)OC(C)C2)CC1. The number of aldehydes is 1. The van der Waals surface area contributed by atoms with Gasteiger partial charge in [-0.2, -0.15) is 0 Å². The van der Waals surface area contributed by atoms with Crippen molar-refractivity contribution in [2.24, 2.45) is 57.7 Å². The van der Waals surface area contributed by atoms with Crippen LogP contribution in [0.4, 0.5) is 0 Å². The van der Waals surface area contributed by atoms with E-state index in [2.05, 4.69) is 57.4 Å². The van der Waals surface area contributed by atoms with Crippen LogP contribution < -0.4 is 0 Å². The van der Waals surface area contributed by atoms with Crippen LogP contribution in [0.1, 0.15) is 112 Å². The third kappa shape index (κ3) is 5.24. The molecule has 3 saturated heterocycles. The van der Waals surface area contributed by atoms with Gasteiger partial charge < -0.3 is 24.3 Å². The molecule has 4 bridgehead atoms. The number of unbranched alkanes of at least 4 members (excludes halogenated alkanes) is 1. The Balaban J connectivity index is 1.10. The molecule has 7 heteroatoms. The minimum Gasteiger partial charge on any atom is -0.481 e. The van der Waals surface area contributed by atoms with Gasteiger partial charge >= 0.3 is 5.97 Å². The van der Waals surface area contributed by atoms with Crippen molar-refractivity contribution in [2.75, 3.05) is 39.3 Å². The molecule has 0 radical (unpaired) electrons. The average Bonchev–Trinajstić information content (AvgIpc) is 3.76. The van der Waals surface area contributed by atoms with Gasteiger partial charge in [-0.3, -0.25) is 9.69 Å². The molecule has 3 saturated carbocycles. The van der Waals surface area contributed by atoms with E-state index in [1.165, 1.54) is 44.9 Å². The van der Waals surface area contributed by atoms with Crippen LogP contribution in [0.15, 0.2) is 11.6 Å². The molecule has 48 heavy (non-hydrogen) atoms. The zero-order valence-electron chi connectivity index (χ0n) is 31.0. The van der Waals surface area contributed by atoms with E-state index >= 15 is 0 Å². The number of carboxylic acids is 1. The standard InChI is InChI=1S/C41H66N2O5/c1-7-8-9-31-18-37(48-36(31)24-42-15-12-30(13-16-42)14-17-43-22-28(5)47-29(6)23-43)40-21-33-27(4)10-11-34(33)39(25-44)20-32(40)19-35(26(2)3)41(39,40)38(45)46/h19,25-34,36-37H,7-18,20-24H2,1-6H3,(H,45,46)/t27-,28?,29?,31?,32?,33-,34-,36?,37?,39?,40?,41?/m1/s1. The van der Waals surface area contributed by atoms with Crippen LogP contribution in [-0.4, -0.2) is 90.8 Å². The van der Waals surface area contributed by atoms with Crippen LogP contribution in [0.3, 0.4) is 0 Å². The van der Waals surface area contributed by atoms with Crippen molar-refractivity contribution in [2.45, 2.75) is 137 Å². The Hall–Kier alpha value is -1.28. The molecule has 0 spiro atoms. The second-order valence-corrected chi connectivity index (χ2v) is 18.2. The molecule has 1 N–H and O–H groups in total. The number of hydrogen-bond acceptors (Lipinski definition) is 6. The summed E-state index contributed by atoms with van der Waals surface area (Å²) in [6, 6.07) is 0. The Bertz CT molecular complexity index is 1220. The topological polar surface area (TPSA) is 79.3 Å². The minimum atomic E-state index is -1.14. The molecular weight excluding hydrogens is 600 g/mol. The Morgan fingerprint density at radius 2 is 1.75 bits per heavy atom. The molecule has 4 aliphatic carbocycles. The summed E-state index contributed by atoms with van der Waals surface area (Å²) in [6.45, 7) is 19.9. The predicted octanol–water partition coefficient (Wildman–Crippen LogP) is 7.09. The number of ether oxygens (including phenoxy) is 2. The summed E-state index contributed by atoms with van der Waals surface area (Å²) in [4.78, 5) is 33.0. The van der Waals surface area contributed by atoms with Gasteiger partial charge in [0.1, 0.15) is 11.7 Å². The summed E-state index contributed by atoms with van der Waals surface area (Å²) in [7, 11) is 0. The lowest BCUT2D eigenvalue weighted by Gasteiger charge is -2.60. The van der Waals surface area contributed by atoms with E-state index in [0.29, 0.717) is 36.4 Å². The number of likely N-dealkylation sites (tertiary alicyclic amines) is 1. The second kappa shape index (κ2) is 13.4. The molecule has 3 heterocycles. The maximum Gasteiger partial charge on any atom is 0.315 e. The summed E-state index contributed by atoms with van der Waals surface area (Å²) < 4.78 is 13.3. The average molecular weight is 667 g/mol. The number of rotatable bonds is 12. The summed E-state index contributed by atoms with van der Waals surface area (Å²) in [6.07, 6.45) is 16.2. The van der Waals surface area contributed by atoms with E-state index in [9.17, 15) is 14.7 Å². The van der Waals surface area contributed by atoms with Gasteiger partial charge in [-0.05, 0) is 126 Å². The maximum absolute atomic E-state index is 14.1. The number of hydrogen-bond donors (Lipinski definition) is 1. The molecule has 0 aromatic rings. The third-order valence-corrected chi connectivity index (χ3v) is 15.4. The smallest absolute Gasteiger partial charge is 0.315 e. The van der Waals surface area contributed by atoms with Gasteiger partial charge in [0.15, 0.2) is 0 Å². The molecule has 12 atom stereocenters. The van der Waals surface area contributed by atoms with Gasteiger partial charge in [0.25, 0.3) is 0 Å². The van der Waals surface area contributed by atoms with Crippen LogP contribution in [0.2, 0.25) is 0 Å². The van der Waals surface area contributed by atoms with Crippen LogP contribution in [0, 0.1) is 57.7 Å². The predicted molar refractivity (Wildman–Crippen MR) is 189 cm³/mol. The van der Waals surface area contributed by atoms with Gasteiger partial charge in [-0.15, -0.1) is 0 Å². The largest absolute Gasteiger partial charge is 0.481 e. The minimum absolute atomic E-state index is 0.102. The fraction of sp³-hybridized carbons (Fsp3) is 0.902. The van der Waals surface area contributed by atoms with Gasteiger partial charge in [-0.25, -0.2) is 0 Å². The van der Waals surface area contributed by atoms with Crippen molar-refractivity contribution < 1.29 is 24.2 Å². The van der Waals surface area contributed by atoms with Crippen LogP contribution >= 0.6 is 0 Å². The lowest BCUT2D eigenvalue weighted by Crippen LogP contribution is -2.65. The van der Waals surface area contributed by atoms with E-state index in [0.717, 1.165) is 76.3 Å². The van der Waals surface area contributed by atoms with E-state index in [1.54, 1.807) is 0 Å². The van der Waals surface area contributed by atoms with E-state index in [1.807, 2.05) is 0 Å². The number of carbonyl (C=O) groups is 2. The second-order valence-electron chi connectivity index (χ2n) is 18.2. The zero-order chi connectivity index (χ0) is 34.0. The molecule has 0 aromatic heterocycles. The molecule has 9 unspecified atom stereocenters. The molecular formula is C41H66N2O5. The molecule has 270 valence electrons. The Labute approximate surface area is 290 Å². The number of nitrogens with zero attached hydrogens (tertiary/aromatic N) is 2. The van der Waals surface area contributed by atoms with E-state index < -0.39 is 22.2 Å². The molecule has 3 aliphatic heterocycles. The highest BCUT2D eigenvalue weighted by molar-refractivity contribution is 5.90. The third-order valence-electron chi connectivity index (χ3n) is 15.4. The Morgan fingerprint density at radius 3 is 2.40 bits per heavy atom. The summed E-state index contributed by atoms with van der Waals surface area (Å²) in [5.41, 5.74) is -1.45. The fourth-order valence-electron chi connectivity index (χ4n) is 13.5. The van der Waals surface area contributed by atoms with Crippen molar-refractivity contribution in [1.29, 1.82) is 0 Å². The molecule has 0 aromatic carbocycles. The Kier molecular flexibility index (Phi) is 9.78. The molecule has 0 amide bonds. The van der Waals surface area contributed by atoms with Crippen molar-refractivity contribution in [3.05, 3.63) is 11.6 Å². The number of morpholine rings is 1. The number of piperidine rings is 1. The highest BCUT2D eigenvalue weighted by atomic mass is 16.5. The highest BCUT2D eigenvalue weighted by Crippen LogP contribution is 2.84. The molecule has 7 aliphatic rings. The first-order valence-corrected chi connectivity index (χ1v) is 20.2. The molecule has 7 rings (SSSR count). The quantitative estimate of drug-likeness (QED) is 0.176. The number of fused-ring (bicyclic) bond motifs is 2. The maximum atomic E-state index is 14.1. The summed E-state index contributed by atoms with van der Waals surface area (Å²) in [5.74, 6) is 1.81. The molecule has 6 fully saturated rings. The highest BCUT2D eigenvalue weighted by Gasteiger charge is 2.86. The molecule has 7 nitrogen and oxygen atoms in total. The monoisotopic (exact) mass is 666 g/mol. The fourth-order valence-corrected chi connectivity index (χ4v) is 13.5. The van der Waals surface area contributed by atoms with Crippen molar-refractivity contribution in [3.8, 4) is 0 Å². The van der Waals surface area contributed by atoms with Crippen LogP contribution in [0.25, 0.3) is 0 Å². The number of carboxylic acid groups (broad SMARTS) is 1.